The van der Waals surface area contributed by atoms with Crippen LogP contribution in [0.4, 0.5) is 5.69 Å². The molecule has 1 aliphatic rings. The van der Waals surface area contributed by atoms with Crippen LogP contribution in [0.1, 0.15) is 28.8 Å². The molecule has 1 heterocycles. The van der Waals surface area contributed by atoms with E-state index in [9.17, 15) is 4.79 Å². The van der Waals surface area contributed by atoms with Gasteiger partial charge in [0.25, 0.3) is 0 Å². The van der Waals surface area contributed by atoms with E-state index >= 15 is 0 Å². The zero-order valence-electron chi connectivity index (χ0n) is 11.5. The number of nitrogens with two attached hydrogens (primary N) is 1. The molecule has 1 amide bonds. The van der Waals surface area contributed by atoms with Crippen molar-refractivity contribution in [2.24, 2.45) is 5.73 Å². The number of anilines is 1. The van der Waals surface area contributed by atoms with Gasteiger partial charge in [0, 0.05) is 16.1 Å². The summed E-state index contributed by atoms with van der Waals surface area (Å²) >= 11 is 1.71. The van der Waals surface area contributed by atoms with Crippen molar-refractivity contribution < 1.29 is 4.79 Å². The molecular formula is C16H18N2OS. The van der Waals surface area contributed by atoms with Crippen LogP contribution in [0, 0.1) is 6.92 Å². The normalized spacial score (nSPS) is 21.2. The Bertz CT molecular complexity index is 632. The second-order valence-corrected chi connectivity index (χ2v) is 6.37. The summed E-state index contributed by atoms with van der Waals surface area (Å²) in [5, 5.41) is 5.44. The van der Waals surface area contributed by atoms with E-state index in [-0.39, 0.29) is 5.91 Å². The number of aryl methyl sites for hydroxylation is 2. The maximum absolute atomic E-state index is 12.2. The molecule has 0 fully saturated rings. The van der Waals surface area contributed by atoms with Crippen LogP contribution in [0.15, 0.2) is 35.7 Å². The Hall–Kier alpha value is -1.81. The fraction of sp³-hybridized carbons (Fsp3) is 0.312. The fourth-order valence-electron chi connectivity index (χ4n) is 2.89. The van der Waals surface area contributed by atoms with Crippen molar-refractivity contribution in [2.45, 2.75) is 31.7 Å². The van der Waals surface area contributed by atoms with E-state index in [1.165, 1.54) is 10.4 Å². The van der Waals surface area contributed by atoms with Crippen molar-refractivity contribution in [2.75, 3.05) is 5.32 Å². The lowest BCUT2D eigenvalue weighted by atomic mass is 9.79. The van der Waals surface area contributed by atoms with E-state index in [1.807, 2.05) is 42.6 Å². The second-order valence-electron chi connectivity index (χ2n) is 5.37. The lowest BCUT2D eigenvalue weighted by Gasteiger charge is -2.36. The Morgan fingerprint density at radius 3 is 2.75 bits per heavy atom. The highest BCUT2D eigenvalue weighted by Gasteiger charge is 2.42. The van der Waals surface area contributed by atoms with Crippen LogP contribution in [-0.2, 0) is 16.8 Å². The van der Waals surface area contributed by atoms with Crippen LogP contribution in [0.25, 0.3) is 0 Å². The molecule has 0 saturated carbocycles. The number of carbonyl (C=O) groups is 1. The van der Waals surface area contributed by atoms with Gasteiger partial charge >= 0.3 is 0 Å². The number of benzene rings is 1. The van der Waals surface area contributed by atoms with Crippen LogP contribution < -0.4 is 11.1 Å². The Morgan fingerprint density at radius 1 is 1.30 bits per heavy atom. The molecule has 3 nitrogen and oxygen atoms in total. The summed E-state index contributed by atoms with van der Waals surface area (Å²) < 4.78 is 0. The minimum absolute atomic E-state index is 0.294. The molecule has 0 spiro atoms. The predicted octanol–water partition coefficient (Wildman–Crippen LogP) is 3.19. The molecule has 0 saturated heterocycles. The molecule has 1 aliphatic carbocycles. The zero-order valence-corrected chi connectivity index (χ0v) is 12.3. The zero-order chi connectivity index (χ0) is 14.2. The van der Waals surface area contributed by atoms with Gasteiger partial charge in [-0.3, -0.25) is 4.79 Å². The van der Waals surface area contributed by atoms with Crippen LogP contribution >= 0.6 is 11.3 Å². The van der Waals surface area contributed by atoms with E-state index in [1.54, 1.807) is 11.3 Å². The monoisotopic (exact) mass is 286 g/mol. The molecular weight excluding hydrogens is 268 g/mol. The number of carbonyl (C=O) groups excluding carboxylic acids is 1. The Balaban J connectivity index is 2.02. The van der Waals surface area contributed by atoms with Crippen molar-refractivity contribution in [3.05, 3.63) is 51.7 Å². The maximum atomic E-state index is 12.2. The van der Waals surface area contributed by atoms with Gasteiger partial charge in [0.15, 0.2) is 0 Å². The quantitative estimate of drug-likeness (QED) is 0.910. The van der Waals surface area contributed by atoms with Crippen molar-refractivity contribution in [1.82, 2.24) is 0 Å². The first-order valence-corrected chi connectivity index (χ1v) is 7.71. The molecule has 20 heavy (non-hydrogen) atoms. The number of thiophene rings is 1. The average molecular weight is 286 g/mol. The van der Waals surface area contributed by atoms with Crippen LogP contribution in [0.5, 0.6) is 0 Å². The summed E-state index contributed by atoms with van der Waals surface area (Å²) in [6.07, 6.45) is 2.77. The number of rotatable bonds is 3. The number of fused-ring (bicyclic) bond motifs is 1. The van der Waals surface area contributed by atoms with Gasteiger partial charge in [-0.15, -0.1) is 11.3 Å². The number of nitrogens with one attached hydrogen (secondary N) is 1. The van der Waals surface area contributed by atoms with Crippen molar-refractivity contribution in [3.8, 4) is 0 Å². The Kier molecular flexibility index (Phi) is 3.26. The number of hydrogen-bond acceptors (Lipinski definition) is 3. The van der Waals surface area contributed by atoms with Gasteiger partial charge < -0.3 is 11.1 Å². The first-order valence-electron chi connectivity index (χ1n) is 6.83. The van der Waals surface area contributed by atoms with Gasteiger partial charge in [-0.05, 0) is 49.8 Å². The van der Waals surface area contributed by atoms with Crippen LogP contribution in [-0.4, -0.2) is 5.91 Å². The van der Waals surface area contributed by atoms with Gasteiger partial charge in [0.05, 0.1) is 0 Å². The molecule has 1 atom stereocenters. The summed E-state index contributed by atoms with van der Waals surface area (Å²) in [6, 6.07) is 10.1. The molecule has 2 aromatic rings. The molecule has 0 radical (unpaired) electrons. The molecule has 3 rings (SSSR count). The average Bonchev–Trinajstić information content (AvgIpc) is 2.91. The summed E-state index contributed by atoms with van der Waals surface area (Å²) in [6.45, 7) is 2.05. The standard InChI is InChI=1S/C16H18N2OS/c1-11-4-6-12(7-5-11)18-16(15(17)19)9-2-3-14-13(16)8-10-20-14/h4-8,10,18H,2-3,9H2,1H3,(H2,17,19). The Morgan fingerprint density at radius 2 is 2.05 bits per heavy atom. The first-order chi connectivity index (χ1) is 9.62. The summed E-state index contributed by atoms with van der Waals surface area (Å²) in [7, 11) is 0. The van der Waals surface area contributed by atoms with E-state index in [0.29, 0.717) is 0 Å². The highest BCUT2D eigenvalue weighted by molar-refractivity contribution is 7.10. The number of primary amides is 1. The third-order valence-electron chi connectivity index (χ3n) is 3.99. The highest BCUT2D eigenvalue weighted by Crippen LogP contribution is 2.40. The van der Waals surface area contributed by atoms with Crippen LogP contribution in [0.2, 0.25) is 0 Å². The smallest absolute Gasteiger partial charge is 0.247 e. The van der Waals surface area contributed by atoms with E-state index in [4.69, 9.17) is 5.73 Å². The van der Waals surface area contributed by atoms with E-state index in [2.05, 4.69) is 5.32 Å². The Labute approximate surface area is 122 Å². The number of hydrogen-bond donors (Lipinski definition) is 2. The van der Waals surface area contributed by atoms with Gasteiger partial charge in [0.1, 0.15) is 5.54 Å². The third-order valence-corrected chi connectivity index (χ3v) is 4.97. The minimum atomic E-state index is -0.761. The third kappa shape index (κ3) is 2.10. The van der Waals surface area contributed by atoms with Crippen molar-refractivity contribution in [1.29, 1.82) is 0 Å². The first kappa shape index (κ1) is 13.2. The highest BCUT2D eigenvalue weighted by atomic mass is 32.1. The van der Waals surface area contributed by atoms with Crippen molar-refractivity contribution in [3.63, 3.8) is 0 Å². The largest absolute Gasteiger partial charge is 0.368 e. The van der Waals surface area contributed by atoms with Crippen molar-refractivity contribution >= 4 is 22.9 Å². The molecule has 0 bridgehead atoms. The van der Waals surface area contributed by atoms with E-state index < -0.39 is 5.54 Å². The summed E-state index contributed by atoms with van der Waals surface area (Å²) in [4.78, 5) is 13.4. The van der Waals surface area contributed by atoms with Gasteiger partial charge in [-0.25, -0.2) is 0 Å². The number of amides is 1. The molecule has 3 N–H and O–H groups in total. The predicted molar refractivity (Wildman–Crippen MR) is 82.9 cm³/mol. The topological polar surface area (TPSA) is 55.1 Å². The molecule has 104 valence electrons. The van der Waals surface area contributed by atoms with Gasteiger partial charge in [-0.1, -0.05) is 17.7 Å². The molecule has 1 unspecified atom stereocenters. The summed E-state index contributed by atoms with van der Waals surface area (Å²) in [5.74, 6) is -0.294. The molecule has 0 aliphatic heterocycles. The SMILES string of the molecule is Cc1ccc(NC2(C(N)=O)CCCc3sccc32)cc1. The fourth-order valence-corrected chi connectivity index (χ4v) is 3.89. The lowest BCUT2D eigenvalue weighted by molar-refractivity contribution is -0.123. The second kappa shape index (κ2) is 4.94. The summed E-state index contributed by atoms with van der Waals surface area (Å²) in [5.41, 5.74) is 8.19. The molecule has 1 aromatic heterocycles. The van der Waals surface area contributed by atoms with Crippen LogP contribution in [0.3, 0.4) is 0 Å². The van der Waals surface area contributed by atoms with E-state index in [0.717, 1.165) is 30.5 Å². The molecule has 1 aromatic carbocycles. The maximum Gasteiger partial charge on any atom is 0.247 e. The minimum Gasteiger partial charge on any atom is -0.368 e. The lowest BCUT2D eigenvalue weighted by Crippen LogP contribution is -2.49. The molecule has 4 heteroatoms. The van der Waals surface area contributed by atoms with Gasteiger partial charge in [-0.2, -0.15) is 0 Å². The van der Waals surface area contributed by atoms with Gasteiger partial charge in [0.2, 0.25) is 5.91 Å².